The molecule has 4 rings (SSSR count). The number of nitrogens with zero attached hydrogens (tertiary/aromatic N) is 3. The smallest absolute Gasteiger partial charge is 0.0738 e. The number of aromatic nitrogens is 1. The topological polar surface area (TPSA) is 40.5 Å². The van der Waals surface area contributed by atoms with Crippen LogP contribution in [0, 0.1) is 0 Å². The van der Waals surface area contributed by atoms with Crippen molar-refractivity contribution in [3.05, 3.63) is 70.9 Å². The van der Waals surface area contributed by atoms with Crippen LogP contribution in [0.15, 0.2) is 59.8 Å². The first kappa shape index (κ1) is 17.0. The molecule has 0 radical (unpaired) electrons. The van der Waals surface area contributed by atoms with E-state index in [0.717, 1.165) is 28.7 Å². The minimum Gasteiger partial charge on any atom is -0.299 e. The van der Waals surface area contributed by atoms with Crippen molar-refractivity contribution >= 4 is 34.4 Å². The van der Waals surface area contributed by atoms with Gasteiger partial charge in [-0.25, -0.2) is 0 Å². The molecule has 0 amide bonds. The maximum atomic E-state index is 6.03. The number of halogens is 1. The van der Waals surface area contributed by atoms with E-state index in [1.54, 1.807) is 6.20 Å². The zero-order valence-corrected chi connectivity index (χ0v) is 15.3. The van der Waals surface area contributed by atoms with Gasteiger partial charge in [0, 0.05) is 23.2 Å². The molecule has 0 bridgehead atoms. The second kappa shape index (κ2) is 7.85. The van der Waals surface area contributed by atoms with E-state index in [9.17, 15) is 0 Å². The summed E-state index contributed by atoms with van der Waals surface area (Å²) in [6, 6.07) is 16.2. The van der Waals surface area contributed by atoms with E-state index >= 15 is 0 Å². The van der Waals surface area contributed by atoms with Crippen molar-refractivity contribution in [3.63, 3.8) is 0 Å². The van der Waals surface area contributed by atoms with Gasteiger partial charge in [-0.1, -0.05) is 35.9 Å². The highest BCUT2D eigenvalue weighted by atomic mass is 35.5. The summed E-state index contributed by atoms with van der Waals surface area (Å²) >= 11 is 6.03. The molecule has 26 heavy (non-hydrogen) atoms. The van der Waals surface area contributed by atoms with E-state index in [1.165, 1.54) is 31.5 Å². The molecule has 1 N–H and O–H groups in total. The third kappa shape index (κ3) is 4.03. The van der Waals surface area contributed by atoms with Gasteiger partial charge < -0.3 is 0 Å². The number of fused-ring (bicyclic) bond motifs is 1. The number of pyridine rings is 1. The van der Waals surface area contributed by atoms with E-state index < -0.39 is 0 Å². The Labute approximate surface area is 158 Å². The van der Waals surface area contributed by atoms with Crippen molar-refractivity contribution in [1.29, 1.82) is 0 Å². The molecule has 1 fully saturated rings. The van der Waals surface area contributed by atoms with Gasteiger partial charge in [0.05, 0.1) is 17.4 Å². The van der Waals surface area contributed by atoms with Crippen molar-refractivity contribution in [2.24, 2.45) is 5.10 Å². The molecule has 0 unspecified atom stereocenters. The van der Waals surface area contributed by atoms with Gasteiger partial charge in [-0.3, -0.25) is 15.3 Å². The van der Waals surface area contributed by atoms with Gasteiger partial charge in [-0.15, -0.1) is 0 Å². The lowest BCUT2D eigenvalue weighted by atomic mass is 10.1. The number of hydrogen-bond acceptors (Lipinski definition) is 4. The van der Waals surface area contributed by atoms with Gasteiger partial charge >= 0.3 is 0 Å². The first-order chi connectivity index (χ1) is 12.8. The van der Waals surface area contributed by atoms with Gasteiger partial charge in [0.15, 0.2) is 0 Å². The third-order valence-electron chi connectivity index (χ3n) is 4.69. The molecule has 0 aliphatic carbocycles. The van der Waals surface area contributed by atoms with Crippen LogP contribution in [-0.2, 0) is 6.54 Å². The lowest BCUT2D eigenvalue weighted by Crippen LogP contribution is -2.18. The van der Waals surface area contributed by atoms with E-state index in [2.05, 4.69) is 44.7 Å². The molecule has 4 nitrogen and oxygen atoms in total. The zero-order chi connectivity index (χ0) is 17.8. The van der Waals surface area contributed by atoms with Crippen molar-refractivity contribution < 1.29 is 0 Å². The molecule has 0 atom stereocenters. The standard InChI is InChI=1S/C21H21ClN4/c22-18-7-8-19-20(9-10-23-21(19)13-18)25-24-14-16-3-5-17(6-4-16)15-26-11-1-2-12-26/h3-10,13-14H,1-2,11-12,15H2,(H,23,25)/b24-14+. The predicted molar refractivity (Wildman–Crippen MR) is 109 cm³/mol. The number of hydrogen-bond donors (Lipinski definition) is 1. The number of rotatable bonds is 5. The summed E-state index contributed by atoms with van der Waals surface area (Å²) in [7, 11) is 0. The Bertz CT molecular complexity index is 915. The SMILES string of the molecule is Clc1ccc2c(N/N=C/c3ccc(CN4CCCC4)cc3)ccnc2c1. The minimum atomic E-state index is 0.680. The minimum absolute atomic E-state index is 0.680. The quantitative estimate of drug-likeness (QED) is 0.515. The average molecular weight is 365 g/mol. The van der Waals surface area contributed by atoms with Crippen LogP contribution in [0.5, 0.6) is 0 Å². The molecule has 1 saturated heterocycles. The largest absolute Gasteiger partial charge is 0.299 e. The van der Waals surface area contributed by atoms with Crippen LogP contribution in [0.2, 0.25) is 5.02 Å². The van der Waals surface area contributed by atoms with Crippen molar-refractivity contribution in [1.82, 2.24) is 9.88 Å². The second-order valence-electron chi connectivity index (χ2n) is 6.61. The normalized spacial score (nSPS) is 15.1. The molecule has 1 aromatic heterocycles. The van der Waals surface area contributed by atoms with Crippen molar-refractivity contribution in [2.45, 2.75) is 19.4 Å². The van der Waals surface area contributed by atoms with Gasteiger partial charge in [0.25, 0.3) is 0 Å². The van der Waals surface area contributed by atoms with Crippen molar-refractivity contribution in [3.8, 4) is 0 Å². The maximum absolute atomic E-state index is 6.03. The summed E-state index contributed by atoms with van der Waals surface area (Å²) in [6.45, 7) is 3.48. The van der Waals surface area contributed by atoms with Crippen molar-refractivity contribution in [2.75, 3.05) is 18.5 Å². The Balaban J connectivity index is 1.42. The Hall–Kier alpha value is -2.43. The molecule has 0 spiro atoms. The molecule has 3 aromatic rings. The summed E-state index contributed by atoms with van der Waals surface area (Å²) in [5, 5.41) is 6.05. The molecule has 1 aliphatic heterocycles. The number of hydrazone groups is 1. The Morgan fingerprint density at radius 1 is 1.08 bits per heavy atom. The lowest BCUT2D eigenvalue weighted by molar-refractivity contribution is 0.331. The third-order valence-corrected chi connectivity index (χ3v) is 4.92. The number of benzene rings is 2. The Morgan fingerprint density at radius 2 is 1.88 bits per heavy atom. The fourth-order valence-electron chi connectivity index (χ4n) is 3.30. The van der Waals surface area contributed by atoms with E-state index in [1.807, 2.05) is 30.5 Å². The van der Waals surface area contributed by atoms with Crippen LogP contribution in [0.25, 0.3) is 10.9 Å². The van der Waals surface area contributed by atoms with E-state index in [0.29, 0.717) is 5.02 Å². The summed E-state index contributed by atoms with van der Waals surface area (Å²) < 4.78 is 0. The van der Waals surface area contributed by atoms with Gasteiger partial charge in [-0.05, 0) is 61.3 Å². The number of anilines is 1. The molecule has 2 heterocycles. The Kier molecular flexibility index (Phi) is 5.14. The Morgan fingerprint density at radius 3 is 2.69 bits per heavy atom. The van der Waals surface area contributed by atoms with Gasteiger partial charge in [-0.2, -0.15) is 5.10 Å². The van der Waals surface area contributed by atoms with Crippen LogP contribution in [0.1, 0.15) is 24.0 Å². The second-order valence-corrected chi connectivity index (χ2v) is 7.05. The molecule has 132 valence electrons. The molecular weight excluding hydrogens is 344 g/mol. The fraction of sp³-hybridized carbons (Fsp3) is 0.238. The summed E-state index contributed by atoms with van der Waals surface area (Å²) in [5.74, 6) is 0. The fourth-order valence-corrected chi connectivity index (χ4v) is 3.47. The number of likely N-dealkylation sites (tertiary alicyclic amines) is 1. The van der Waals surface area contributed by atoms with E-state index in [-0.39, 0.29) is 0 Å². The highest BCUT2D eigenvalue weighted by Gasteiger charge is 2.11. The van der Waals surface area contributed by atoms with Gasteiger partial charge in [0.2, 0.25) is 0 Å². The first-order valence-electron chi connectivity index (χ1n) is 8.92. The lowest BCUT2D eigenvalue weighted by Gasteiger charge is -2.14. The van der Waals surface area contributed by atoms with Crippen LogP contribution >= 0.6 is 11.6 Å². The summed E-state index contributed by atoms with van der Waals surface area (Å²) in [5.41, 5.74) is 7.30. The van der Waals surface area contributed by atoms with E-state index in [4.69, 9.17) is 11.6 Å². The van der Waals surface area contributed by atoms with Crippen LogP contribution in [-0.4, -0.2) is 29.2 Å². The zero-order valence-electron chi connectivity index (χ0n) is 14.5. The molecule has 1 aliphatic rings. The molecule has 5 heteroatoms. The average Bonchev–Trinajstić information content (AvgIpc) is 3.16. The highest BCUT2D eigenvalue weighted by Crippen LogP contribution is 2.24. The summed E-state index contributed by atoms with van der Waals surface area (Å²) in [4.78, 5) is 6.85. The van der Waals surface area contributed by atoms with Gasteiger partial charge in [0.1, 0.15) is 0 Å². The maximum Gasteiger partial charge on any atom is 0.0738 e. The van der Waals surface area contributed by atoms with Crippen LogP contribution in [0.3, 0.4) is 0 Å². The first-order valence-corrected chi connectivity index (χ1v) is 9.30. The monoisotopic (exact) mass is 364 g/mol. The van der Waals surface area contributed by atoms with Crippen LogP contribution < -0.4 is 5.43 Å². The summed E-state index contributed by atoms with van der Waals surface area (Å²) in [6.07, 6.45) is 6.24. The molecule has 0 saturated carbocycles. The highest BCUT2D eigenvalue weighted by molar-refractivity contribution is 6.31. The molecular formula is C21H21ClN4. The van der Waals surface area contributed by atoms with Crippen LogP contribution in [0.4, 0.5) is 5.69 Å². The number of nitrogens with one attached hydrogen (secondary N) is 1. The molecule has 2 aromatic carbocycles. The predicted octanol–water partition coefficient (Wildman–Crippen LogP) is 4.93.